The Bertz CT molecular complexity index is 3840. The number of furan rings is 1. The highest BCUT2D eigenvalue weighted by atomic mass is 16.3. The molecule has 0 aliphatic rings. The zero-order valence-electron chi connectivity index (χ0n) is 33.9. The third kappa shape index (κ3) is 5.62. The summed E-state index contributed by atoms with van der Waals surface area (Å²) in [7, 11) is 0. The van der Waals surface area contributed by atoms with Gasteiger partial charge in [0, 0.05) is 61.6 Å². The maximum atomic E-state index is 6.34. The van der Waals surface area contributed by atoms with E-state index in [1.54, 1.807) is 0 Å². The molecule has 0 bridgehead atoms. The van der Waals surface area contributed by atoms with E-state index in [9.17, 15) is 0 Å². The fraction of sp³-hybridized carbons (Fsp3) is 0. The summed E-state index contributed by atoms with van der Waals surface area (Å²) in [6.45, 7) is 0. The number of hydrogen-bond donors (Lipinski definition) is 0. The first-order valence-corrected chi connectivity index (χ1v) is 21.2. The molecule has 6 heteroatoms. The molecule has 5 aromatic heterocycles. The maximum absolute atomic E-state index is 6.34. The lowest BCUT2D eigenvalue weighted by Crippen LogP contribution is -2.02. The summed E-state index contributed by atoms with van der Waals surface area (Å²) >= 11 is 0. The smallest absolute Gasteiger partial charge is 0.162 e. The minimum atomic E-state index is 0.686. The highest BCUT2D eigenvalue weighted by Gasteiger charge is 2.19. The monoisotopic (exact) mass is 805 g/mol. The molecule has 0 atom stereocenters. The first-order valence-electron chi connectivity index (χ1n) is 21.2. The van der Waals surface area contributed by atoms with Crippen LogP contribution in [0.4, 0.5) is 0 Å². The minimum Gasteiger partial charge on any atom is -0.454 e. The molecule has 0 N–H and O–H groups in total. The van der Waals surface area contributed by atoms with Crippen LogP contribution in [0, 0.1) is 0 Å². The summed E-state index contributed by atoms with van der Waals surface area (Å²) < 4.78 is 11.0. The SMILES string of the molecule is c1ccc(-c2cc(-n3c4ccccc4c4ccc(-c5ccc6c(c5)c5ccccc5n6-c5ccc(-c6ccnc7c6oc6ccccc67)cc5)cc43)nc(-c3ccccc3)n2)cc1. The third-order valence-corrected chi connectivity index (χ3v) is 12.4. The molecule has 0 spiro atoms. The molecule has 0 fully saturated rings. The topological polar surface area (TPSA) is 61.7 Å². The molecule has 0 saturated carbocycles. The number of fused-ring (bicyclic) bond motifs is 9. The van der Waals surface area contributed by atoms with Gasteiger partial charge in [0.15, 0.2) is 11.4 Å². The Labute approximate surface area is 361 Å². The molecule has 294 valence electrons. The lowest BCUT2D eigenvalue weighted by atomic mass is 10.0. The number of aromatic nitrogens is 5. The van der Waals surface area contributed by atoms with Gasteiger partial charge in [-0.15, -0.1) is 0 Å². The van der Waals surface area contributed by atoms with Crippen LogP contribution in [0.3, 0.4) is 0 Å². The quantitative estimate of drug-likeness (QED) is 0.168. The molecule has 0 radical (unpaired) electrons. The maximum Gasteiger partial charge on any atom is 0.162 e. The Morgan fingerprint density at radius 1 is 0.381 bits per heavy atom. The normalized spacial score (nSPS) is 11.8. The molecule has 0 aliphatic carbocycles. The lowest BCUT2D eigenvalue weighted by molar-refractivity contribution is 0.669. The van der Waals surface area contributed by atoms with E-state index in [-0.39, 0.29) is 0 Å². The summed E-state index contributed by atoms with van der Waals surface area (Å²) in [5, 5.41) is 5.77. The van der Waals surface area contributed by atoms with Crippen LogP contribution in [-0.2, 0) is 0 Å². The molecule has 13 rings (SSSR count). The fourth-order valence-corrected chi connectivity index (χ4v) is 9.47. The average molecular weight is 806 g/mol. The predicted octanol–water partition coefficient (Wildman–Crippen LogP) is 14.6. The molecular weight excluding hydrogens is 771 g/mol. The van der Waals surface area contributed by atoms with Gasteiger partial charge >= 0.3 is 0 Å². The van der Waals surface area contributed by atoms with Crippen molar-refractivity contribution in [3.05, 3.63) is 212 Å². The standard InChI is InChI=1S/C57H35N5O/c1-3-13-37(14-4-1)48-35-54(60-57(59-48)38-15-5-2-6-16-38)62-50-21-11-7-17-43(50)45-29-25-40(34-52(45)62)39-26-30-51-47(33-39)44-18-8-10-20-49(44)61(51)41-27-23-36(24-28-41)42-31-32-58-55-46-19-9-12-22-53(46)63-56(42)55/h1-35H. The lowest BCUT2D eigenvalue weighted by Gasteiger charge is -2.13. The van der Waals surface area contributed by atoms with E-state index in [0.717, 1.165) is 94.7 Å². The first-order chi connectivity index (χ1) is 31.2. The summed E-state index contributed by atoms with van der Waals surface area (Å²) in [6.07, 6.45) is 1.87. The Morgan fingerprint density at radius 2 is 0.984 bits per heavy atom. The van der Waals surface area contributed by atoms with Crippen LogP contribution in [0.1, 0.15) is 0 Å². The van der Waals surface area contributed by atoms with E-state index in [1.807, 2.05) is 54.7 Å². The van der Waals surface area contributed by atoms with Gasteiger partial charge < -0.3 is 8.98 Å². The Balaban J connectivity index is 0.946. The van der Waals surface area contributed by atoms with Gasteiger partial charge in [0.1, 0.15) is 16.9 Å². The number of nitrogens with zero attached hydrogens (tertiary/aromatic N) is 5. The van der Waals surface area contributed by atoms with Crippen molar-refractivity contribution in [3.63, 3.8) is 0 Å². The van der Waals surface area contributed by atoms with Crippen LogP contribution in [-0.4, -0.2) is 24.1 Å². The number of pyridine rings is 1. The van der Waals surface area contributed by atoms with Crippen LogP contribution < -0.4 is 0 Å². The molecule has 0 saturated heterocycles. The van der Waals surface area contributed by atoms with Crippen molar-refractivity contribution in [1.82, 2.24) is 24.1 Å². The average Bonchev–Trinajstić information content (AvgIpc) is 4.02. The van der Waals surface area contributed by atoms with Crippen LogP contribution in [0.2, 0.25) is 0 Å². The predicted molar refractivity (Wildman–Crippen MR) is 258 cm³/mol. The molecule has 63 heavy (non-hydrogen) atoms. The van der Waals surface area contributed by atoms with E-state index in [4.69, 9.17) is 14.4 Å². The highest BCUT2D eigenvalue weighted by molar-refractivity contribution is 6.13. The van der Waals surface area contributed by atoms with Crippen molar-refractivity contribution < 1.29 is 4.42 Å². The molecule has 13 aromatic rings. The Morgan fingerprint density at radius 3 is 1.78 bits per heavy atom. The van der Waals surface area contributed by atoms with Crippen LogP contribution >= 0.6 is 0 Å². The molecule has 6 nitrogen and oxygen atoms in total. The van der Waals surface area contributed by atoms with Crippen LogP contribution in [0.5, 0.6) is 0 Å². The zero-order valence-corrected chi connectivity index (χ0v) is 33.9. The van der Waals surface area contributed by atoms with Crippen LogP contribution in [0.25, 0.3) is 122 Å². The van der Waals surface area contributed by atoms with Gasteiger partial charge in [0.2, 0.25) is 0 Å². The van der Waals surface area contributed by atoms with Crippen molar-refractivity contribution in [3.8, 4) is 56.4 Å². The van der Waals surface area contributed by atoms with Crippen molar-refractivity contribution in [2.75, 3.05) is 0 Å². The molecule has 0 unspecified atom stereocenters. The van der Waals surface area contributed by atoms with Gasteiger partial charge in [0.25, 0.3) is 0 Å². The number of para-hydroxylation sites is 3. The van der Waals surface area contributed by atoms with E-state index in [2.05, 4.69) is 172 Å². The second-order valence-electron chi connectivity index (χ2n) is 16.0. The van der Waals surface area contributed by atoms with Crippen molar-refractivity contribution in [1.29, 1.82) is 0 Å². The molecule has 5 heterocycles. The molecule has 0 amide bonds. The summed E-state index contributed by atoms with van der Waals surface area (Å²) in [4.78, 5) is 15.0. The van der Waals surface area contributed by atoms with Crippen LogP contribution in [0.15, 0.2) is 217 Å². The minimum absolute atomic E-state index is 0.686. The van der Waals surface area contributed by atoms with Crippen molar-refractivity contribution in [2.24, 2.45) is 0 Å². The summed E-state index contributed by atoms with van der Waals surface area (Å²) in [5.41, 5.74) is 15.4. The summed E-state index contributed by atoms with van der Waals surface area (Å²) in [5.74, 6) is 1.51. The highest BCUT2D eigenvalue weighted by Crippen LogP contribution is 2.40. The van der Waals surface area contributed by atoms with Gasteiger partial charge in [-0.25, -0.2) is 9.97 Å². The number of hydrogen-bond acceptors (Lipinski definition) is 4. The Kier molecular flexibility index (Phi) is 7.80. The largest absolute Gasteiger partial charge is 0.454 e. The number of rotatable bonds is 6. The van der Waals surface area contributed by atoms with Crippen molar-refractivity contribution >= 4 is 65.7 Å². The van der Waals surface area contributed by atoms with Gasteiger partial charge in [-0.2, -0.15) is 0 Å². The van der Waals surface area contributed by atoms with E-state index < -0.39 is 0 Å². The van der Waals surface area contributed by atoms with Gasteiger partial charge in [-0.3, -0.25) is 9.55 Å². The number of benzene rings is 8. The second kappa shape index (κ2) is 14.0. The van der Waals surface area contributed by atoms with Gasteiger partial charge in [-0.1, -0.05) is 140 Å². The van der Waals surface area contributed by atoms with Crippen molar-refractivity contribution in [2.45, 2.75) is 0 Å². The third-order valence-electron chi connectivity index (χ3n) is 12.4. The molecule has 0 aliphatic heterocycles. The van der Waals surface area contributed by atoms with E-state index in [1.165, 1.54) is 21.5 Å². The molecule has 8 aromatic carbocycles. The summed E-state index contributed by atoms with van der Waals surface area (Å²) in [6, 6.07) is 72.6. The van der Waals surface area contributed by atoms with E-state index >= 15 is 0 Å². The zero-order chi connectivity index (χ0) is 41.4. The fourth-order valence-electron chi connectivity index (χ4n) is 9.47. The molecular formula is C57H35N5O. The Hall–Kier alpha value is -8.61. The van der Waals surface area contributed by atoms with Gasteiger partial charge in [-0.05, 0) is 77.4 Å². The van der Waals surface area contributed by atoms with Gasteiger partial charge in [0.05, 0.1) is 27.8 Å². The first kappa shape index (κ1) is 35.2. The van der Waals surface area contributed by atoms with E-state index in [0.29, 0.717) is 5.82 Å². The second-order valence-corrected chi connectivity index (χ2v) is 16.0.